The lowest BCUT2D eigenvalue weighted by Crippen LogP contribution is -2.42. The molecular formula is C12H18N4O2. The molecule has 0 amide bonds. The third-order valence-electron chi connectivity index (χ3n) is 3.09. The number of hydrazone groups is 1. The second kappa shape index (κ2) is 6.20. The molecule has 0 radical (unpaired) electrons. The van der Waals surface area contributed by atoms with E-state index < -0.39 is 5.97 Å². The van der Waals surface area contributed by atoms with Crippen LogP contribution in [-0.4, -0.2) is 41.9 Å². The maximum absolute atomic E-state index is 10.9. The Kier molecular flexibility index (Phi) is 4.35. The summed E-state index contributed by atoms with van der Waals surface area (Å²) in [5.74, 6) is -0.694. The number of hydrogen-bond donors (Lipinski definition) is 4. The van der Waals surface area contributed by atoms with Crippen molar-refractivity contribution >= 4 is 12.2 Å². The Morgan fingerprint density at radius 1 is 1.61 bits per heavy atom. The summed E-state index contributed by atoms with van der Waals surface area (Å²) < 4.78 is 0. The predicted octanol–water partition coefficient (Wildman–Crippen LogP) is 0.249. The fourth-order valence-electron chi connectivity index (χ4n) is 2.10. The maximum atomic E-state index is 10.9. The second-order valence-electron chi connectivity index (χ2n) is 4.54. The molecule has 98 valence electrons. The van der Waals surface area contributed by atoms with Gasteiger partial charge in [-0.1, -0.05) is 0 Å². The number of carboxylic acids is 1. The van der Waals surface area contributed by atoms with Gasteiger partial charge in [0.05, 0.1) is 17.8 Å². The Balaban J connectivity index is 1.71. The number of aliphatic carboxylic acids is 1. The van der Waals surface area contributed by atoms with E-state index in [9.17, 15) is 4.79 Å². The minimum atomic E-state index is -0.720. The normalized spacial score (nSPS) is 24.2. The number of piperidine rings is 1. The molecule has 0 aliphatic carbocycles. The Bertz CT molecular complexity index is 402. The van der Waals surface area contributed by atoms with Gasteiger partial charge in [0.1, 0.15) is 0 Å². The van der Waals surface area contributed by atoms with E-state index in [1.165, 1.54) is 0 Å². The summed E-state index contributed by atoms with van der Waals surface area (Å²) in [5.41, 5.74) is 3.91. The molecule has 1 aliphatic rings. The molecule has 1 saturated heterocycles. The zero-order valence-electron chi connectivity index (χ0n) is 10.1. The van der Waals surface area contributed by atoms with E-state index in [1.54, 1.807) is 6.21 Å². The van der Waals surface area contributed by atoms with Gasteiger partial charge in [0, 0.05) is 19.3 Å². The number of aromatic amines is 1. The lowest BCUT2D eigenvalue weighted by molar-refractivity contribution is -0.142. The molecular weight excluding hydrogens is 232 g/mol. The van der Waals surface area contributed by atoms with Crippen LogP contribution in [0.25, 0.3) is 0 Å². The van der Waals surface area contributed by atoms with Gasteiger partial charge in [0.15, 0.2) is 0 Å². The summed E-state index contributed by atoms with van der Waals surface area (Å²) in [6.45, 7) is 2.10. The maximum Gasteiger partial charge on any atom is 0.307 e. The van der Waals surface area contributed by atoms with E-state index in [4.69, 9.17) is 5.11 Å². The molecule has 1 fully saturated rings. The van der Waals surface area contributed by atoms with Crippen molar-refractivity contribution in [1.82, 2.24) is 15.7 Å². The molecule has 1 aromatic rings. The highest BCUT2D eigenvalue weighted by Gasteiger charge is 2.26. The molecule has 1 aliphatic heterocycles. The van der Waals surface area contributed by atoms with Crippen LogP contribution in [-0.2, 0) is 4.79 Å². The largest absolute Gasteiger partial charge is 0.481 e. The van der Waals surface area contributed by atoms with Gasteiger partial charge in [-0.2, -0.15) is 5.10 Å². The SMILES string of the molecule is O=C(O)[C@H]1CNC[C@@H](CN/N=C/c2ccc[nH]2)C1. The summed E-state index contributed by atoms with van der Waals surface area (Å²) in [5, 5.41) is 16.2. The zero-order valence-corrected chi connectivity index (χ0v) is 10.1. The van der Waals surface area contributed by atoms with Crippen LogP contribution in [0.4, 0.5) is 0 Å². The highest BCUT2D eigenvalue weighted by Crippen LogP contribution is 2.15. The number of carbonyl (C=O) groups is 1. The average Bonchev–Trinajstić information content (AvgIpc) is 2.88. The minimum absolute atomic E-state index is 0.280. The quantitative estimate of drug-likeness (QED) is 0.445. The smallest absolute Gasteiger partial charge is 0.307 e. The van der Waals surface area contributed by atoms with Gasteiger partial charge < -0.3 is 20.8 Å². The number of hydrogen-bond acceptors (Lipinski definition) is 4. The first kappa shape index (κ1) is 12.6. The van der Waals surface area contributed by atoms with E-state index in [0.29, 0.717) is 25.4 Å². The van der Waals surface area contributed by atoms with Crippen LogP contribution in [0.15, 0.2) is 23.4 Å². The van der Waals surface area contributed by atoms with Crippen molar-refractivity contribution in [2.75, 3.05) is 19.6 Å². The molecule has 0 aromatic carbocycles. The van der Waals surface area contributed by atoms with Crippen molar-refractivity contribution in [3.05, 3.63) is 24.0 Å². The monoisotopic (exact) mass is 250 g/mol. The van der Waals surface area contributed by atoms with Crippen LogP contribution in [0.3, 0.4) is 0 Å². The molecule has 2 heterocycles. The summed E-state index contributed by atoms with van der Waals surface area (Å²) in [6.07, 6.45) is 4.25. The number of nitrogens with zero attached hydrogens (tertiary/aromatic N) is 1. The summed E-state index contributed by atoms with van der Waals surface area (Å²) in [6, 6.07) is 3.83. The Morgan fingerprint density at radius 2 is 2.50 bits per heavy atom. The molecule has 6 nitrogen and oxygen atoms in total. The molecule has 2 rings (SSSR count). The van der Waals surface area contributed by atoms with Crippen molar-refractivity contribution in [1.29, 1.82) is 0 Å². The van der Waals surface area contributed by atoms with Gasteiger partial charge in [0.2, 0.25) is 0 Å². The first-order valence-corrected chi connectivity index (χ1v) is 6.08. The highest BCUT2D eigenvalue weighted by molar-refractivity contribution is 5.76. The van der Waals surface area contributed by atoms with Crippen molar-refractivity contribution in [2.45, 2.75) is 6.42 Å². The average molecular weight is 250 g/mol. The van der Waals surface area contributed by atoms with Crippen molar-refractivity contribution in [2.24, 2.45) is 16.9 Å². The Hall–Kier alpha value is -1.82. The predicted molar refractivity (Wildman–Crippen MR) is 68.5 cm³/mol. The van der Waals surface area contributed by atoms with E-state index >= 15 is 0 Å². The molecule has 0 spiro atoms. The van der Waals surface area contributed by atoms with Crippen molar-refractivity contribution in [3.8, 4) is 0 Å². The molecule has 0 bridgehead atoms. The number of nitrogens with one attached hydrogen (secondary N) is 3. The molecule has 2 atom stereocenters. The Morgan fingerprint density at radius 3 is 3.22 bits per heavy atom. The van der Waals surface area contributed by atoms with Crippen molar-refractivity contribution in [3.63, 3.8) is 0 Å². The summed E-state index contributed by atoms with van der Waals surface area (Å²) in [4.78, 5) is 13.9. The van der Waals surface area contributed by atoms with Crippen LogP contribution >= 0.6 is 0 Å². The highest BCUT2D eigenvalue weighted by atomic mass is 16.4. The topological polar surface area (TPSA) is 89.5 Å². The van der Waals surface area contributed by atoms with Crippen LogP contribution in [0.1, 0.15) is 12.1 Å². The number of carboxylic acid groups (broad SMARTS) is 1. The zero-order chi connectivity index (χ0) is 12.8. The van der Waals surface area contributed by atoms with Gasteiger partial charge in [-0.3, -0.25) is 4.79 Å². The van der Waals surface area contributed by atoms with E-state index in [0.717, 1.165) is 12.2 Å². The summed E-state index contributed by atoms with van der Waals surface area (Å²) >= 11 is 0. The fraction of sp³-hybridized carbons (Fsp3) is 0.500. The Labute approximate surface area is 105 Å². The number of aromatic nitrogens is 1. The van der Waals surface area contributed by atoms with Crippen LogP contribution in [0.5, 0.6) is 0 Å². The van der Waals surface area contributed by atoms with E-state index in [2.05, 4.69) is 20.8 Å². The molecule has 4 N–H and O–H groups in total. The van der Waals surface area contributed by atoms with Crippen LogP contribution in [0, 0.1) is 11.8 Å². The third-order valence-corrected chi connectivity index (χ3v) is 3.09. The number of rotatable bonds is 5. The van der Waals surface area contributed by atoms with E-state index in [-0.39, 0.29) is 5.92 Å². The van der Waals surface area contributed by atoms with Gasteiger partial charge in [-0.25, -0.2) is 0 Å². The lowest BCUT2D eigenvalue weighted by Gasteiger charge is -2.27. The molecule has 1 aromatic heterocycles. The third kappa shape index (κ3) is 3.59. The fourth-order valence-corrected chi connectivity index (χ4v) is 2.10. The van der Waals surface area contributed by atoms with Gasteiger partial charge in [-0.05, 0) is 31.0 Å². The minimum Gasteiger partial charge on any atom is -0.481 e. The van der Waals surface area contributed by atoms with Gasteiger partial charge >= 0.3 is 5.97 Å². The first-order chi connectivity index (χ1) is 8.75. The standard InChI is InChI=1S/C12H18N4O2/c17-12(18)10-4-9(5-13-7-10)6-15-16-8-11-2-1-3-14-11/h1-3,8-10,13-15H,4-7H2,(H,17,18)/b16-8+/t9-,10+/m0/s1. The van der Waals surface area contributed by atoms with Gasteiger partial charge in [-0.15, -0.1) is 0 Å². The van der Waals surface area contributed by atoms with E-state index in [1.807, 2.05) is 18.3 Å². The summed E-state index contributed by atoms with van der Waals surface area (Å²) in [7, 11) is 0. The van der Waals surface area contributed by atoms with Crippen molar-refractivity contribution < 1.29 is 9.90 Å². The molecule has 6 heteroatoms. The molecule has 18 heavy (non-hydrogen) atoms. The molecule has 0 saturated carbocycles. The lowest BCUT2D eigenvalue weighted by atomic mass is 9.91. The van der Waals surface area contributed by atoms with Crippen LogP contribution in [0.2, 0.25) is 0 Å². The van der Waals surface area contributed by atoms with Gasteiger partial charge in [0.25, 0.3) is 0 Å². The first-order valence-electron chi connectivity index (χ1n) is 6.08. The van der Waals surface area contributed by atoms with Crippen LogP contribution < -0.4 is 10.7 Å². The molecule has 0 unspecified atom stereocenters. The second-order valence-corrected chi connectivity index (χ2v) is 4.54. The number of H-pyrrole nitrogens is 1.